The molecule has 1 saturated carbocycles. The van der Waals surface area contributed by atoms with Crippen molar-refractivity contribution in [1.82, 2.24) is 4.90 Å². The molecule has 1 saturated heterocycles. The highest BCUT2D eigenvalue weighted by molar-refractivity contribution is 5.81. The van der Waals surface area contributed by atoms with E-state index in [1.54, 1.807) is 0 Å². The quantitative estimate of drug-likeness (QED) is 0.747. The van der Waals surface area contributed by atoms with Gasteiger partial charge in [0.15, 0.2) is 6.61 Å². The van der Waals surface area contributed by atoms with E-state index in [1.807, 2.05) is 4.90 Å². The third-order valence-electron chi connectivity index (χ3n) is 4.76. The summed E-state index contributed by atoms with van der Waals surface area (Å²) in [5.74, 6) is -0.183. The molecule has 0 bridgehead atoms. The fraction of sp³-hybridized carbons (Fsp3) is 0.875. The number of hydrogen-bond donors (Lipinski definition) is 0. The second-order valence-electron chi connectivity index (χ2n) is 6.37. The summed E-state index contributed by atoms with van der Waals surface area (Å²) in [5.41, 5.74) is 0. The van der Waals surface area contributed by atoms with Crippen LogP contribution in [0.3, 0.4) is 0 Å². The molecular formula is C16H27NO3. The number of esters is 1. The Labute approximate surface area is 121 Å². The number of likely N-dealkylation sites (tertiary alicyclic amines) is 1. The van der Waals surface area contributed by atoms with E-state index < -0.39 is 0 Å². The Morgan fingerprint density at radius 1 is 0.950 bits per heavy atom. The van der Waals surface area contributed by atoms with E-state index in [0.29, 0.717) is 0 Å². The number of hydrogen-bond acceptors (Lipinski definition) is 3. The second-order valence-corrected chi connectivity index (χ2v) is 6.37. The summed E-state index contributed by atoms with van der Waals surface area (Å²) in [6.07, 6.45) is 8.54. The molecular weight excluding hydrogens is 254 g/mol. The molecule has 2 rings (SSSR count). The predicted octanol–water partition coefficient (Wildman–Crippen LogP) is 2.90. The number of carbonyl (C=O) groups is 2. The van der Waals surface area contributed by atoms with E-state index in [1.165, 1.54) is 12.8 Å². The zero-order valence-corrected chi connectivity index (χ0v) is 12.8. The van der Waals surface area contributed by atoms with Gasteiger partial charge in [0.05, 0.1) is 5.92 Å². The molecule has 0 aromatic carbocycles. The van der Waals surface area contributed by atoms with E-state index in [4.69, 9.17) is 4.74 Å². The summed E-state index contributed by atoms with van der Waals surface area (Å²) >= 11 is 0. The molecule has 4 nitrogen and oxygen atoms in total. The van der Waals surface area contributed by atoms with Gasteiger partial charge in [0.2, 0.25) is 0 Å². The zero-order chi connectivity index (χ0) is 14.5. The molecule has 2 unspecified atom stereocenters. The van der Waals surface area contributed by atoms with Gasteiger partial charge in [0.1, 0.15) is 0 Å². The molecule has 4 heteroatoms. The van der Waals surface area contributed by atoms with Crippen molar-refractivity contribution >= 4 is 11.9 Å². The smallest absolute Gasteiger partial charge is 0.309 e. The SMILES string of the molecule is CC1CCCC(C)N1C(=O)COC(=O)C1CCCCC1. The summed E-state index contributed by atoms with van der Waals surface area (Å²) < 4.78 is 5.26. The molecule has 1 aliphatic carbocycles. The largest absolute Gasteiger partial charge is 0.455 e. The van der Waals surface area contributed by atoms with Gasteiger partial charge in [-0.25, -0.2) is 0 Å². The second kappa shape index (κ2) is 7.09. The summed E-state index contributed by atoms with van der Waals surface area (Å²) in [5, 5.41) is 0. The average Bonchev–Trinajstić information content (AvgIpc) is 2.45. The van der Waals surface area contributed by atoms with Crippen LogP contribution in [0.1, 0.15) is 65.2 Å². The lowest BCUT2D eigenvalue weighted by Gasteiger charge is -2.39. The number of ether oxygens (including phenoxy) is 1. The number of piperidine rings is 1. The summed E-state index contributed by atoms with van der Waals surface area (Å²) in [7, 11) is 0. The molecule has 20 heavy (non-hydrogen) atoms. The molecule has 1 heterocycles. The van der Waals surface area contributed by atoms with Crippen LogP contribution in [0.15, 0.2) is 0 Å². The van der Waals surface area contributed by atoms with Gasteiger partial charge in [0.25, 0.3) is 5.91 Å². The minimum atomic E-state index is -0.171. The Hall–Kier alpha value is -1.06. The summed E-state index contributed by atoms with van der Waals surface area (Å²) in [6, 6.07) is 0.527. The maximum atomic E-state index is 12.3. The van der Waals surface area contributed by atoms with Gasteiger partial charge in [-0.3, -0.25) is 9.59 Å². The van der Waals surface area contributed by atoms with Gasteiger partial charge in [-0.05, 0) is 46.0 Å². The third kappa shape index (κ3) is 3.74. The maximum Gasteiger partial charge on any atom is 0.309 e. The number of nitrogens with zero attached hydrogens (tertiary/aromatic N) is 1. The standard InChI is InChI=1S/C16H27NO3/c1-12-7-6-8-13(2)17(12)15(18)11-20-16(19)14-9-4-3-5-10-14/h12-14H,3-11H2,1-2H3. The molecule has 0 aromatic heterocycles. The first-order valence-electron chi connectivity index (χ1n) is 8.07. The summed E-state index contributed by atoms with van der Waals surface area (Å²) in [6.45, 7) is 4.08. The van der Waals surface area contributed by atoms with Crippen molar-refractivity contribution in [3.63, 3.8) is 0 Å². The Bertz CT molecular complexity index is 340. The topological polar surface area (TPSA) is 46.6 Å². The van der Waals surface area contributed by atoms with Crippen molar-refractivity contribution in [1.29, 1.82) is 0 Å². The van der Waals surface area contributed by atoms with Crippen LogP contribution in [0, 0.1) is 5.92 Å². The van der Waals surface area contributed by atoms with Crippen LogP contribution in [0.25, 0.3) is 0 Å². The van der Waals surface area contributed by atoms with Crippen molar-refractivity contribution in [2.75, 3.05) is 6.61 Å². The third-order valence-corrected chi connectivity index (χ3v) is 4.76. The van der Waals surface area contributed by atoms with Crippen LogP contribution >= 0.6 is 0 Å². The van der Waals surface area contributed by atoms with Crippen LogP contribution in [-0.4, -0.2) is 35.5 Å². The fourth-order valence-corrected chi connectivity index (χ4v) is 3.58. The van der Waals surface area contributed by atoms with Crippen molar-refractivity contribution in [2.24, 2.45) is 5.92 Å². The first-order chi connectivity index (χ1) is 9.59. The van der Waals surface area contributed by atoms with Crippen molar-refractivity contribution in [2.45, 2.75) is 77.3 Å². The summed E-state index contributed by atoms with van der Waals surface area (Å²) in [4.78, 5) is 26.1. The lowest BCUT2D eigenvalue weighted by molar-refractivity contribution is -0.158. The van der Waals surface area contributed by atoms with E-state index in [9.17, 15) is 9.59 Å². The number of amides is 1. The normalized spacial score (nSPS) is 28.2. The van der Waals surface area contributed by atoms with Crippen LogP contribution < -0.4 is 0 Å². The zero-order valence-electron chi connectivity index (χ0n) is 12.8. The van der Waals surface area contributed by atoms with Gasteiger partial charge in [0, 0.05) is 12.1 Å². The molecule has 0 aromatic rings. The Morgan fingerprint density at radius 3 is 2.15 bits per heavy atom. The van der Waals surface area contributed by atoms with E-state index in [0.717, 1.165) is 38.5 Å². The molecule has 0 spiro atoms. The van der Waals surface area contributed by atoms with Gasteiger partial charge in [-0.15, -0.1) is 0 Å². The Balaban J connectivity index is 1.80. The molecule has 2 aliphatic rings. The van der Waals surface area contributed by atoms with E-state index in [2.05, 4.69) is 13.8 Å². The highest BCUT2D eigenvalue weighted by atomic mass is 16.5. The monoisotopic (exact) mass is 281 g/mol. The minimum absolute atomic E-state index is 0.0211. The van der Waals surface area contributed by atoms with Gasteiger partial charge in [-0.1, -0.05) is 19.3 Å². The Morgan fingerprint density at radius 2 is 1.55 bits per heavy atom. The first kappa shape index (κ1) is 15.3. The molecule has 114 valence electrons. The van der Waals surface area contributed by atoms with E-state index in [-0.39, 0.29) is 36.5 Å². The lowest BCUT2D eigenvalue weighted by atomic mass is 9.89. The van der Waals surface area contributed by atoms with Crippen molar-refractivity contribution in [3.8, 4) is 0 Å². The number of carbonyl (C=O) groups excluding carboxylic acids is 2. The first-order valence-corrected chi connectivity index (χ1v) is 8.07. The molecule has 1 aliphatic heterocycles. The molecule has 0 N–H and O–H groups in total. The van der Waals surface area contributed by atoms with Crippen molar-refractivity contribution < 1.29 is 14.3 Å². The van der Waals surface area contributed by atoms with Crippen LogP contribution in [-0.2, 0) is 14.3 Å². The minimum Gasteiger partial charge on any atom is -0.455 e. The van der Waals surface area contributed by atoms with Gasteiger partial charge >= 0.3 is 5.97 Å². The number of rotatable bonds is 3. The molecule has 2 fully saturated rings. The highest BCUT2D eigenvalue weighted by Crippen LogP contribution is 2.25. The molecule has 1 amide bonds. The average molecular weight is 281 g/mol. The molecule has 0 radical (unpaired) electrons. The van der Waals surface area contributed by atoms with Crippen molar-refractivity contribution in [3.05, 3.63) is 0 Å². The van der Waals surface area contributed by atoms with Gasteiger partial charge in [-0.2, -0.15) is 0 Å². The van der Waals surface area contributed by atoms with Crippen LogP contribution in [0.4, 0.5) is 0 Å². The maximum absolute atomic E-state index is 12.3. The lowest BCUT2D eigenvalue weighted by Crippen LogP contribution is -2.49. The van der Waals surface area contributed by atoms with Gasteiger partial charge < -0.3 is 9.64 Å². The fourth-order valence-electron chi connectivity index (χ4n) is 3.58. The highest BCUT2D eigenvalue weighted by Gasteiger charge is 2.30. The predicted molar refractivity (Wildman–Crippen MR) is 77.2 cm³/mol. The van der Waals surface area contributed by atoms with Crippen LogP contribution in [0.2, 0.25) is 0 Å². The molecule has 2 atom stereocenters. The Kier molecular flexibility index (Phi) is 5.44. The van der Waals surface area contributed by atoms with E-state index >= 15 is 0 Å². The van der Waals surface area contributed by atoms with Crippen LogP contribution in [0.5, 0.6) is 0 Å².